The molecule has 150 valence electrons. The number of H-pyrrole nitrogens is 2. The minimum Gasteiger partial charge on any atom is -0.342 e. The third kappa shape index (κ3) is 2.72. The first-order chi connectivity index (χ1) is 15.1. The lowest BCUT2D eigenvalue weighted by atomic mass is 9.96. The SMILES string of the molecule is Cc1ncc(-c2ccc(-c3ccc4c(c3)c3ccncc3c3nc(C)[nH]c43)cc2F)[nH]1. The van der Waals surface area contributed by atoms with Gasteiger partial charge in [0.15, 0.2) is 0 Å². The summed E-state index contributed by atoms with van der Waals surface area (Å²) in [5.41, 5.74) is 4.88. The second kappa shape index (κ2) is 6.47. The fourth-order valence-electron chi connectivity index (χ4n) is 4.33. The normalized spacial score (nSPS) is 11.7. The maximum absolute atomic E-state index is 14.9. The smallest absolute Gasteiger partial charge is 0.133 e. The molecule has 0 saturated heterocycles. The van der Waals surface area contributed by atoms with Crippen molar-refractivity contribution >= 4 is 32.6 Å². The van der Waals surface area contributed by atoms with Crippen LogP contribution in [-0.4, -0.2) is 24.9 Å². The van der Waals surface area contributed by atoms with Gasteiger partial charge in [-0.05, 0) is 60.0 Å². The van der Waals surface area contributed by atoms with Crippen molar-refractivity contribution in [2.75, 3.05) is 0 Å². The monoisotopic (exact) mass is 407 g/mol. The third-order valence-corrected chi connectivity index (χ3v) is 5.77. The van der Waals surface area contributed by atoms with Crippen LogP contribution in [0.1, 0.15) is 11.6 Å². The molecule has 0 aliphatic carbocycles. The summed E-state index contributed by atoms with van der Waals surface area (Å²) in [5.74, 6) is 1.34. The van der Waals surface area contributed by atoms with Crippen LogP contribution in [0.3, 0.4) is 0 Å². The molecule has 31 heavy (non-hydrogen) atoms. The molecule has 6 rings (SSSR count). The summed E-state index contributed by atoms with van der Waals surface area (Å²) in [5, 5.41) is 4.25. The number of aromatic nitrogens is 5. The maximum Gasteiger partial charge on any atom is 0.133 e. The van der Waals surface area contributed by atoms with Gasteiger partial charge in [-0.2, -0.15) is 0 Å². The van der Waals surface area contributed by atoms with E-state index < -0.39 is 0 Å². The van der Waals surface area contributed by atoms with Crippen molar-refractivity contribution in [3.63, 3.8) is 0 Å². The van der Waals surface area contributed by atoms with Gasteiger partial charge in [0.2, 0.25) is 0 Å². The van der Waals surface area contributed by atoms with E-state index in [9.17, 15) is 4.39 Å². The Labute approximate surface area is 177 Å². The summed E-state index contributed by atoms with van der Waals surface area (Å²) < 4.78 is 14.9. The van der Waals surface area contributed by atoms with Crippen molar-refractivity contribution in [1.29, 1.82) is 0 Å². The molecule has 6 aromatic rings. The number of benzene rings is 3. The highest BCUT2D eigenvalue weighted by molar-refractivity contribution is 6.23. The zero-order valence-electron chi connectivity index (χ0n) is 17.0. The largest absolute Gasteiger partial charge is 0.342 e. The molecule has 0 radical (unpaired) electrons. The zero-order valence-corrected chi connectivity index (χ0v) is 17.0. The number of nitrogens with zero attached hydrogens (tertiary/aromatic N) is 3. The highest BCUT2D eigenvalue weighted by Gasteiger charge is 2.14. The van der Waals surface area contributed by atoms with E-state index in [0.717, 1.165) is 55.4 Å². The zero-order chi connectivity index (χ0) is 21.1. The third-order valence-electron chi connectivity index (χ3n) is 5.77. The van der Waals surface area contributed by atoms with Gasteiger partial charge >= 0.3 is 0 Å². The second-order valence-corrected chi connectivity index (χ2v) is 7.80. The molecule has 0 aliphatic rings. The molecule has 0 bridgehead atoms. The van der Waals surface area contributed by atoms with Gasteiger partial charge in [0.25, 0.3) is 0 Å². The van der Waals surface area contributed by atoms with Crippen molar-refractivity contribution in [2.24, 2.45) is 0 Å². The lowest BCUT2D eigenvalue weighted by molar-refractivity contribution is 0.631. The Morgan fingerprint density at radius 1 is 0.774 bits per heavy atom. The number of fused-ring (bicyclic) bond motifs is 6. The molecule has 5 nitrogen and oxygen atoms in total. The highest BCUT2D eigenvalue weighted by atomic mass is 19.1. The molecule has 0 atom stereocenters. The molecule has 0 fully saturated rings. The lowest BCUT2D eigenvalue weighted by Gasteiger charge is -2.10. The molecule has 0 amide bonds. The molecule has 3 aromatic carbocycles. The fourth-order valence-corrected chi connectivity index (χ4v) is 4.33. The minimum absolute atomic E-state index is 0.282. The number of imidazole rings is 2. The van der Waals surface area contributed by atoms with E-state index in [-0.39, 0.29) is 5.82 Å². The average Bonchev–Trinajstić information content (AvgIpc) is 3.39. The van der Waals surface area contributed by atoms with Crippen molar-refractivity contribution < 1.29 is 4.39 Å². The van der Waals surface area contributed by atoms with Crippen LogP contribution in [0.5, 0.6) is 0 Å². The first-order valence-corrected chi connectivity index (χ1v) is 10.1. The molecule has 3 heterocycles. The molecular formula is C25H18FN5. The molecular weight excluding hydrogens is 389 g/mol. The van der Waals surface area contributed by atoms with Gasteiger partial charge < -0.3 is 9.97 Å². The summed E-state index contributed by atoms with van der Waals surface area (Å²) in [6.07, 6.45) is 5.30. The van der Waals surface area contributed by atoms with E-state index in [1.54, 1.807) is 24.5 Å². The van der Waals surface area contributed by atoms with Crippen molar-refractivity contribution in [1.82, 2.24) is 24.9 Å². The lowest BCUT2D eigenvalue weighted by Crippen LogP contribution is -1.88. The summed E-state index contributed by atoms with van der Waals surface area (Å²) in [4.78, 5) is 19.6. The van der Waals surface area contributed by atoms with Gasteiger partial charge in [0, 0.05) is 28.7 Å². The van der Waals surface area contributed by atoms with E-state index in [1.807, 2.05) is 38.2 Å². The maximum atomic E-state index is 14.9. The van der Waals surface area contributed by atoms with Gasteiger partial charge in [0.05, 0.1) is 22.9 Å². The van der Waals surface area contributed by atoms with Crippen molar-refractivity contribution in [3.8, 4) is 22.4 Å². The summed E-state index contributed by atoms with van der Waals surface area (Å²) in [6, 6.07) is 13.5. The fraction of sp³-hybridized carbons (Fsp3) is 0.0800. The predicted molar refractivity (Wildman–Crippen MR) is 121 cm³/mol. The van der Waals surface area contributed by atoms with E-state index >= 15 is 0 Å². The quantitative estimate of drug-likeness (QED) is 0.342. The van der Waals surface area contributed by atoms with E-state index in [2.05, 4.69) is 37.1 Å². The Hall–Kier alpha value is -4.06. The first-order valence-electron chi connectivity index (χ1n) is 10.1. The number of rotatable bonds is 2. The Morgan fingerprint density at radius 2 is 1.61 bits per heavy atom. The standard InChI is InChI=1S/C25H18FN5/c1-13-28-12-23(29-13)19-6-4-16(10-22(19)26)15-3-5-18-20(9-15)17-7-8-27-11-21(17)25-24(18)30-14(2)31-25/h3-12H,1-2H3,(H,28,29)(H,30,31). The average molecular weight is 407 g/mol. The van der Waals surface area contributed by atoms with Crippen LogP contribution >= 0.6 is 0 Å². The molecule has 3 aromatic heterocycles. The number of pyridine rings is 1. The Balaban J connectivity index is 1.57. The second-order valence-electron chi connectivity index (χ2n) is 7.80. The number of nitrogens with one attached hydrogen (secondary N) is 2. The van der Waals surface area contributed by atoms with E-state index in [1.165, 1.54) is 0 Å². The Morgan fingerprint density at radius 3 is 2.42 bits per heavy atom. The Kier molecular flexibility index (Phi) is 3.71. The van der Waals surface area contributed by atoms with Crippen LogP contribution in [0.25, 0.3) is 55.0 Å². The van der Waals surface area contributed by atoms with Crippen LogP contribution in [0.4, 0.5) is 4.39 Å². The highest BCUT2D eigenvalue weighted by Crippen LogP contribution is 2.36. The van der Waals surface area contributed by atoms with Crippen molar-refractivity contribution in [3.05, 3.63) is 78.5 Å². The number of hydrogen-bond acceptors (Lipinski definition) is 3. The van der Waals surface area contributed by atoms with Gasteiger partial charge in [-0.3, -0.25) is 4.98 Å². The minimum atomic E-state index is -0.282. The topological polar surface area (TPSA) is 70.2 Å². The van der Waals surface area contributed by atoms with Crippen LogP contribution < -0.4 is 0 Å². The van der Waals surface area contributed by atoms with Gasteiger partial charge in [-0.15, -0.1) is 0 Å². The molecule has 0 spiro atoms. The summed E-state index contributed by atoms with van der Waals surface area (Å²) in [6.45, 7) is 3.80. The molecule has 0 saturated carbocycles. The first kappa shape index (κ1) is 17.8. The van der Waals surface area contributed by atoms with Gasteiger partial charge in [-0.25, -0.2) is 14.4 Å². The van der Waals surface area contributed by atoms with Crippen LogP contribution in [0.15, 0.2) is 61.1 Å². The summed E-state index contributed by atoms with van der Waals surface area (Å²) in [7, 11) is 0. The van der Waals surface area contributed by atoms with E-state index in [4.69, 9.17) is 0 Å². The number of aromatic amines is 2. The molecule has 0 unspecified atom stereocenters. The van der Waals surface area contributed by atoms with Crippen LogP contribution in [0, 0.1) is 19.7 Å². The molecule has 6 heteroatoms. The van der Waals surface area contributed by atoms with Crippen molar-refractivity contribution in [2.45, 2.75) is 13.8 Å². The van der Waals surface area contributed by atoms with Gasteiger partial charge in [-0.1, -0.05) is 18.2 Å². The van der Waals surface area contributed by atoms with Crippen LogP contribution in [-0.2, 0) is 0 Å². The predicted octanol–water partition coefficient (Wildman–Crippen LogP) is 6.08. The van der Waals surface area contributed by atoms with E-state index in [0.29, 0.717) is 11.3 Å². The number of halogens is 1. The number of hydrogen-bond donors (Lipinski definition) is 2. The van der Waals surface area contributed by atoms with Gasteiger partial charge in [0.1, 0.15) is 17.5 Å². The molecule has 0 aliphatic heterocycles. The van der Waals surface area contributed by atoms with Crippen LogP contribution in [0.2, 0.25) is 0 Å². The molecule has 2 N–H and O–H groups in total. The summed E-state index contributed by atoms with van der Waals surface area (Å²) >= 11 is 0. The Bertz CT molecular complexity index is 1630. The number of aryl methyl sites for hydroxylation is 2.